The van der Waals surface area contributed by atoms with Gasteiger partial charge >= 0.3 is 11.7 Å². The van der Waals surface area contributed by atoms with Gasteiger partial charge in [-0.25, -0.2) is 9.59 Å². The Balaban J connectivity index is 2.20. The molecule has 0 radical (unpaired) electrons. The quantitative estimate of drug-likeness (QED) is 0.644. The summed E-state index contributed by atoms with van der Waals surface area (Å²) in [7, 11) is 0. The summed E-state index contributed by atoms with van der Waals surface area (Å²) in [6.45, 7) is -0.320. The number of nitrogens with one attached hydrogen (secondary N) is 2. The summed E-state index contributed by atoms with van der Waals surface area (Å²) < 4.78 is 5.68. The van der Waals surface area contributed by atoms with Gasteiger partial charge in [0.15, 0.2) is 0 Å². The van der Waals surface area contributed by atoms with Crippen molar-refractivity contribution in [1.82, 2.24) is 9.97 Å². The average molecular weight is 330 g/mol. The van der Waals surface area contributed by atoms with Crippen LogP contribution in [0, 0.1) is 0 Å². The van der Waals surface area contributed by atoms with Gasteiger partial charge in [0.05, 0.1) is 23.7 Å². The molecule has 0 aliphatic heterocycles. The maximum Gasteiger partial charge on any atom is 0.329 e. The summed E-state index contributed by atoms with van der Waals surface area (Å²) in [6.07, 6.45) is 0. The zero-order chi connectivity index (χ0) is 14.0. The van der Waals surface area contributed by atoms with E-state index in [1.165, 1.54) is 0 Å². The van der Waals surface area contributed by atoms with Crippen LogP contribution in [0.3, 0.4) is 0 Å². The number of imidazole rings is 1. The second kappa shape index (κ2) is 5.55. The van der Waals surface area contributed by atoms with Crippen molar-refractivity contribution in [3.05, 3.63) is 32.7 Å². The first-order chi connectivity index (χ1) is 8.97. The van der Waals surface area contributed by atoms with Crippen molar-refractivity contribution in [1.29, 1.82) is 0 Å². The number of aromatic nitrogens is 2. The van der Waals surface area contributed by atoms with Crippen LogP contribution in [0.25, 0.3) is 11.0 Å². The van der Waals surface area contributed by atoms with Crippen LogP contribution in [-0.4, -0.2) is 34.3 Å². The molecule has 0 saturated carbocycles. The number of benzene rings is 1. The highest BCUT2D eigenvalue weighted by Crippen LogP contribution is 2.26. The molecule has 0 spiro atoms. The van der Waals surface area contributed by atoms with E-state index in [4.69, 9.17) is 15.6 Å². The fourth-order valence-electron chi connectivity index (χ4n) is 1.72. The fourth-order valence-corrected chi connectivity index (χ4v) is 2.36. The van der Waals surface area contributed by atoms with Crippen molar-refractivity contribution in [2.24, 2.45) is 5.73 Å². The number of ether oxygens (including phenoxy) is 1. The molecule has 7 nitrogen and oxygen atoms in total. The molecule has 1 unspecified atom stereocenters. The summed E-state index contributed by atoms with van der Waals surface area (Å²) in [5.74, 6) is -1.04. The van der Waals surface area contributed by atoms with E-state index in [9.17, 15) is 9.59 Å². The minimum Gasteiger partial charge on any atom is -0.480 e. The van der Waals surface area contributed by atoms with E-state index >= 15 is 0 Å². The van der Waals surface area contributed by atoms with Crippen LogP contribution in [-0.2, 0) is 9.53 Å². The van der Waals surface area contributed by atoms with Crippen molar-refractivity contribution < 1.29 is 14.6 Å². The molecule has 102 valence electrons. The predicted octanol–water partition coefficient (Wildman–Crippen LogP) is 0.720. The summed E-state index contributed by atoms with van der Waals surface area (Å²) in [6, 6.07) is 2.97. The Morgan fingerprint density at radius 3 is 2.68 bits per heavy atom. The SMILES string of the molecule is NC(COCC(=O)O)c1cc2[nH]c(=O)[nH]c2cc1Br. The Kier molecular flexibility index (Phi) is 4.03. The Labute approximate surface area is 115 Å². The summed E-state index contributed by atoms with van der Waals surface area (Å²) in [5, 5.41) is 8.48. The third-order valence-corrected chi connectivity index (χ3v) is 3.24. The van der Waals surface area contributed by atoms with Gasteiger partial charge in [0.1, 0.15) is 6.61 Å². The topological polar surface area (TPSA) is 121 Å². The third kappa shape index (κ3) is 3.22. The van der Waals surface area contributed by atoms with Gasteiger partial charge in [0, 0.05) is 4.47 Å². The van der Waals surface area contributed by atoms with E-state index in [-0.39, 0.29) is 12.3 Å². The monoisotopic (exact) mass is 329 g/mol. The maximum absolute atomic E-state index is 11.2. The van der Waals surface area contributed by atoms with Gasteiger partial charge in [-0.1, -0.05) is 15.9 Å². The van der Waals surface area contributed by atoms with Crippen molar-refractivity contribution >= 4 is 32.9 Å². The lowest BCUT2D eigenvalue weighted by atomic mass is 10.1. The van der Waals surface area contributed by atoms with E-state index in [1.54, 1.807) is 12.1 Å². The number of carboxylic acid groups (broad SMARTS) is 1. The highest BCUT2D eigenvalue weighted by molar-refractivity contribution is 9.10. The average Bonchev–Trinajstić information content (AvgIpc) is 2.66. The number of rotatable bonds is 5. The lowest BCUT2D eigenvalue weighted by Gasteiger charge is -2.13. The maximum atomic E-state index is 11.2. The number of nitrogens with two attached hydrogens (primary N) is 1. The highest BCUT2D eigenvalue weighted by Gasteiger charge is 2.13. The van der Waals surface area contributed by atoms with Crippen molar-refractivity contribution in [2.75, 3.05) is 13.2 Å². The molecule has 0 aliphatic rings. The third-order valence-electron chi connectivity index (χ3n) is 2.56. The first kappa shape index (κ1) is 13.8. The molecule has 8 heteroatoms. The van der Waals surface area contributed by atoms with E-state index in [1.807, 2.05) is 0 Å². The van der Waals surface area contributed by atoms with Gasteiger partial charge in [-0.05, 0) is 17.7 Å². The molecule has 19 heavy (non-hydrogen) atoms. The van der Waals surface area contributed by atoms with Crippen LogP contribution in [0.5, 0.6) is 0 Å². The summed E-state index contributed by atoms with van der Waals surface area (Å²) in [4.78, 5) is 26.8. The highest BCUT2D eigenvalue weighted by atomic mass is 79.9. The van der Waals surface area contributed by atoms with E-state index in [0.29, 0.717) is 11.0 Å². The van der Waals surface area contributed by atoms with Crippen LogP contribution in [0.2, 0.25) is 0 Å². The lowest BCUT2D eigenvalue weighted by molar-refractivity contribution is -0.142. The first-order valence-corrected chi connectivity index (χ1v) is 6.23. The molecular weight excluding hydrogens is 318 g/mol. The Bertz CT molecular complexity index is 663. The normalized spacial score (nSPS) is 12.7. The zero-order valence-electron chi connectivity index (χ0n) is 9.77. The molecule has 1 atom stereocenters. The second-order valence-electron chi connectivity index (χ2n) is 4.01. The van der Waals surface area contributed by atoms with Crippen LogP contribution in [0.15, 0.2) is 21.4 Å². The molecule has 0 aliphatic carbocycles. The van der Waals surface area contributed by atoms with Crippen molar-refractivity contribution in [3.63, 3.8) is 0 Å². The number of halogens is 1. The number of carbonyl (C=O) groups is 1. The lowest BCUT2D eigenvalue weighted by Crippen LogP contribution is -2.20. The largest absolute Gasteiger partial charge is 0.480 e. The number of hydrogen-bond acceptors (Lipinski definition) is 4. The van der Waals surface area contributed by atoms with Gasteiger partial charge < -0.3 is 25.5 Å². The number of aliphatic carboxylic acids is 1. The zero-order valence-corrected chi connectivity index (χ0v) is 11.4. The Morgan fingerprint density at radius 1 is 1.42 bits per heavy atom. The number of hydrogen-bond donors (Lipinski definition) is 4. The number of H-pyrrole nitrogens is 2. The molecule has 2 aromatic rings. The predicted molar refractivity (Wildman–Crippen MR) is 72.0 cm³/mol. The standard InChI is InChI=1S/C11H12BrN3O4/c12-6-2-9-8(14-11(18)15-9)1-5(6)7(13)3-19-4-10(16)17/h1-2,7H,3-4,13H2,(H,16,17)(H2,14,15,18). The molecule has 5 N–H and O–H groups in total. The molecule has 0 saturated heterocycles. The number of carboxylic acids is 1. The first-order valence-electron chi connectivity index (χ1n) is 5.44. The van der Waals surface area contributed by atoms with Gasteiger partial charge in [-0.2, -0.15) is 0 Å². The van der Waals surface area contributed by atoms with Gasteiger partial charge in [-0.15, -0.1) is 0 Å². The minimum absolute atomic E-state index is 0.0745. The Hall–Kier alpha value is -1.64. The number of fused-ring (bicyclic) bond motifs is 1. The molecule has 1 aromatic heterocycles. The molecule has 0 fully saturated rings. The van der Waals surface area contributed by atoms with Crippen LogP contribution in [0.4, 0.5) is 0 Å². The number of aromatic amines is 2. The summed E-state index contributed by atoms with van der Waals surface area (Å²) in [5.41, 5.74) is 7.66. The Morgan fingerprint density at radius 2 is 2.05 bits per heavy atom. The van der Waals surface area contributed by atoms with E-state index in [2.05, 4.69) is 25.9 Å². The molecule has 1 aromatic carbocycles. The molecular formula is C11H12BrN3O4. The van der Waals surface area contributed by atoms with Crippen LogP contribution < -0.4 is 11.4 Å². The van der Waals surface area contributed by atoms with Gasteiger partial charge in [0.2, 0.25) is 0 Å². The van der Waals surface area contributed by atoms with Gasteiger partial charge in [-0.3, -0.25) is 0 Å². The second-order valence-corrected chi connectivity index (χ2v) is 4.87. The van der Waals surface area contributed by atoms with Crippen LogP contribution >= 0.6 is 15.9 Å². The van der Waals surface area contributed by atoms with Crippen molar-refractivity contribution in [3.8, 4) is 0 Å². The summed E-state index contributed by atoms with van der Waals surface area (Å²) >= 11 is 3.36. The van der Waals surface area contributed by atoms with Crippen molar-refractivity contribution in [2.45, 2.75) is 6.04 Å². The molecule has 1 heterocycles. The molecule has 2 rings (SSSR count). The molecule has 0 amide bonds. The molecule has 0 bridgehead atoms. The van der Waals surface area contributed by atoms with Crippen LogP contribution in [0.1, 0.15) is 11.6 Å². The minimum atomic E-state index is -1.04. The van der Waals surface area contributed by atoms with E-state index < -0.39 is 18.6 Å². The fraction of sp³-hybridized carbons (Fsp3) is 0.273. The van der Waals surface area contributed by atoms with E-state index in [0.717, 1.165) is 10.0 Å². The smallest absolute Gasteiger partial charge is 0.329 e. The van der Waals surface area contributed by atoms with Gasteiger partial charge in [0.25, 0.3) is 0 Å².